The average molecular weight is 422 g/mol. The monoisotopic (exact) mass is 421 g/mol. The van der Waals surface area contributed by atoms with Crippen LogP contribution in [0.15, 0.2) is 23.0 Å². The quantitative estimate of drug-likeness (QED) is 0.677. The molecule has 0 atom stereocenters. The molecule has 0 radical (unpaired) electrons. The molecule has 2 bridgehead atoms. The second-order valence-electron chi connectivity index (χ2n) is 7.83. The maximum atomic E-state index is 12.9. The number of pyridine rings is 1. The van der Waals surface area contributed by atoms with E-state index in [1.54, 1.807) is 18.2 Å². The van der Waals surface area contributed by atoms with Gasteiger partial charge in [-0.3, -0.25) is 4.79 Å². The summed E-state index contributed by atoms with van der Waals surface area (Å²) in [5, 5.41) is 11.4. The molecule has 0 amide bonds. The first kappa shape index (κ1) is 19.7. The molecule has 2 aliphatic rings. The molecule has 0 unspecified atom stereocenters. The number of rotatable bonds is 3. The lowest BCUT2D eigenvalue weighted by atomic mass is 9.97. The van der Waals surface area contributed by atoms with Crippen molar-refractivity contribution in [1.29, 1.82) is 0 Å². The molecule has 2 aromatic rings. The van der Waals surface area contributed by atoms with Gasteiger partial charge in [0, 0.05) is 17.2 Å². The van der Waals surface area contributed by atoms with E-state index in [2.05, 4.69) is 0 Å². The molecule has 1 aromatic carbocycles. The Hall–Kier alpha value is -1.65. The van der Waals surface area contributed by atoms with Crippen LogP contribution >= 0.6 is 23.2 Å². The SMILES string of the molecule is O=c1c2cc(c(O)n1-c1cc(OC3CCCCCCC3)c(Cl)cc1Cl)CCC2. The van der Waals surface area contributed by atoms with Crippen molar-refractivity contribution in [1.82, 2.24) is 4.57 Å². The lowest BCUT2D eigenvalue weighted by Gasteiger charge is -2.23. The number of fused-ring (bicyclic) bond motifs is 2. The van der Waals surface area contributed by atoms with Gasteiger partial charge in [-0.25, -0.2) is 4.57 Å². The van der Waals surface area contributed by atoms with E-state index in [1.165, 1.54) is 23.8 Å². The van der Waals surface area contributed by atoms with Crippen LogP contribution in [-0.4, -0.2) is 15.8 Å². The summed E-state index contributed by atoms with van der Waals surface area (Å²) in [6.07, 6.45) is 10.5. The summed E-state index contributed by atoms with van der Waals surface area (Å²) in [7, 11) is 0. The van der Waals surface area contributed by atoms with Crippen LogP contribution < -0.4 is 10.3 Å². The fourth-order valence-electron chi connectivity index (χ4n) is 4.27. The van der Waals surface area contributed by atoms with E-state index < -0.39 is 0 Å². The zero-order valence-corrected chi connectivity index (χ0v) is 17.4. The summed E-state index contributed by atoms with van der Waals surface area (Å²) in [4.78, 5) is 12.9. The van der Waals surface area contributed by atoms with Crippen molar-refractivity contribution in [3.05, 3.63) is 49.7 Å². The van der Waals surface area contributed by atoms with Crippen LogP contribution in [0.5, 0.6) is 11.6 Å². The number of hydrogen-bond donors (Lipinski definition) is 1. The van der Waals surface area contributed by atoms with E-state index in [0.717, 1.165) is 44.1 Å². The molecule has 4 rings (SSSR count). The van der Waals surface area contributed by atoms with Crippen LogP contribution in [0.3, 0.4) is 0 Å². The second-order valence-corrected chi connectivity index (χ2v) is 8.65. The van der Waals surface area contributed by atoms with Crippen LogP contribution in [0.4, 0.5) is 0 Å². The predicted molar refractivity (Wildman–Crippen MR) is 112 cm³/mol. The Labute approximate surface area is 175 Å². The average Bonchev–Trinajstić information content (AvgIpc) is 2.66. The molecule has 0 spiro atoms. The van der Waals surface area contributed by atoms with E-state index >= 15 is 0 Å². The van der Waals surface area contributed by atoms with E-state index in [4.69, 9.17) is 27.9 Å². The van der Waals surface area contributed by atoms with Gasteiger partial charge in [-0.2, -0.15) is 0 Å². The summed E-state index contributed by atoms with van der Waals surface area (Å²) in [5.41, 5.74) is 1.66. The van der Waals surface area contributed by atoms with Crippen LogP contribution in [0.2, 0.25) is 10.0 Å². The van der Waals surface area contributed by atoms with Crippen molar-refractivity contribution in [3.63, 3.8) is 0 Å². The van der Waals surface area contributed by atoms with E-state index in [0.29, 0.717) is 33.5 Å². The summed E-state index contributed by atoms with van der Waals surface area (Å²) < 4.78 is 7.53. The molecule has 6 heteroatoms. The molecule has 1 saturated carbocycles. The summed E-state index contributed by atoms with van der Waals surface area (Å²) in [5.74, 6) is 0.469. The van der Waals surface area contributed by atoms with Crippen LogP contribution in [0.25, 0.3) is 5.69 Å². The summed E-state index contributed by atoms with van der Waals surface area (Å²) in [6, 6.07) is 5.09. The molecular weight excluding hydrogens is 397 g/mol. The summed E-state index contributed by atoms with van der Waals surface area (Å²) >= 11 is 12.8. The smallest absolute Gasteiger partial charge is 0.261 e. The highest BCUT2D eigenvalue weighted by Gasteiger charge is 2.22. The van der Waals surface area contributed by atoms with Crippen LogP contribution in [0, 0.1) is 0 Å². The minimum atomic E-state index is -0.234. The highest BCUT2D eigenvalue weighted by Crippen LogP contribution is 2.37. The molecular formula is C22H25Cl2NO3. The lowest BCUT2D eigenvalue weighted by Crippen LogP contribution is -2.26. The third kappa shape index (κ3) is 3.90. The number of hydrogen-bond acceptors (Lipinski definition) is 3. The van der Waals surface area contributed by atoms with Gasteiger partial charge >= 0.3 is 0 Å². The predicted octanol–water partition coefficient (Wildman–Crippen LogP) is 5.83. The molecule has 2 aliphatic carbocycles. The topological polar surface area (TPSA) is 51.5 Å². The maximum Gasteiger partial charge on any atom is 0.261 e. The molecule has 1 heterocycles. The molecule has 1 N–H and O–H groups in total. The van der Waals surface area contributed by atoms with Crippen molar-refractivity contribution in [2.24, 2.45) is 0 Å². The second kappa shape index (κ2) is 8.38. The molecule has 4 nitrogen and oxygen atoms in total. The highest BCUT2D eigenvalue weighted by atomic mass is 35.5. The standard InChI is InChI=1S/C22H25Cl2NO3/c23-17-12-18(24)20(28-16-9-4-2-1-3-5-10-16)13-19(17)25-21(26)14-7-6-8-15(11-14)22(25)27/h11-13,16,26H,1-10H2. The fraction of sp³-hybridized carbons (Fsp3) is 0.500. The molecule has 150 valence electrons. The summed E-state index contributed by atoms with van der Waals surface area (Å²) in [6.45, 7) is 0. The molecule has 0 saturated heterocycles. The van der Waals surface area contributed by atoms with E-state index in [9.17, 15) is 9.90 Å². The van der Waals surface area contributed by atoms with Gasteiger partial charge < -0.3 is 9.84 Å². The highest BCUT2D eigenvalue weighted by molar-refractivity contribution is 6.36. The lowest BCUT2D eigenvalue weighted by molar-refractivity contribution is 0.167. The van der Waals surface area contributed by atoms with Gasteiger partial charge in [-0.15, -0.1) is 0 Å². The van der Waals surface area contributed by atoms with Crippen molar-refractivity contribution in [2.75, 3.05) is 0 Å². The van der Waals surface area contributed by atoms with Crippen LogP contribution in [-0.2, 0) is 12.8 Å². The number of nitrogens with zero attached hydrogens (tertiary/aromatic N) is 1. The maximum absolute atomic E-state index is 12.9. The number of aromatic nitrogens is 1. The first-order chi connectivity index (χ1) is 13.5. The van der Waals surface area contributed by atoms with Gasteiger partial charge in [0.05, 0.1) is 21.8 Å². The van der Waals surface area contributed by atoms with Crippen molar-refractivity contribution in [3.8, 4) is 17.3 Å². The van der Waals surface area contributed by atoms with Gasteiger partial charge in [-0.1, -0.05) is 42.5 Å². The Morgan fingerprint density at radius 3 is 2.32 bits per heavy atom. The molecule has 28 heavy (non-hydrogen) atoms. The third-order valence-electron chi connectivity index (χ3n) is 5.81. The van der Waals surface area contributed by atoms with E-state index in [-0.39, 0.29) is 17.5 Å². The third-order valence-corrected chi connectivity index (χ3v) is 6.40. The Balaban J connectivity index is 1.73. The van der Waals surface area contributed by atoms with Crippen molar-refractivity contribution < 1.29 is 9.84 Å². The van der Waals surface area contributed by atoms with Crippen LogP contribution in [0.1, 0.15) is 62.5 Å². The normalized spacial score (nSPS) is 17.8. The minimum Gasteiger partial charge on any atom is -0.494 e. The largest absolute Gasteiger partial charge is 0.494 e. The van der Waals surface area contributed by atoms with Gasteiger partial charge in [0.25, 0.3) is 5.56 Å². The number of halogens is 2. The fourth-order valence-corrected chi connectivity index (χ4v) is 4.78. The van der Waals surface area contributed by atoms with E-state index in [1.807, 2.05) is 0 Å². The zero-order valence-electron chi connectivity index (χ0n) is 15.8. The number of aryl methyl sites for hydroxylation is 2. The van der Waals surface area contributed by atoms with Gasteiger partial charge in [-0.05, 0) is 57.1 Å². The molecule has 0 aliphatic heterocycles. The Kier molecular flexibility index (Phi) is 5.88. The first-order valence-electron chi connectivity index (χ1n) is 10.2. The minimum absolute atomic E-state index is 0.0467. The van der Waals surface area contributed by atoms with Gasteiger partial charge in [0.2, 0.25) is 5.88 Å². The molecule has 1 fully saturated rings. The molecule has 1 aromatic heterocycles. The number of ether oxygens (including phenoxy) is 1. The van der Waals surface area contributed by atoms with Gasteiger partial charge in [0.15, 0.2) is 0 Å². The zero-order chi connectivity index (χ0) is 19.7. The Bertz CT molecular complexity index is 930. The Morgan fingerprint density at radius 2 is 1.57 bits per heavy atom. The number of aromatic hydroxyl groups is 1. The van der Waals surface area contributed by atoms with Crippen molar-refractivity contribution >= 4 is 23.2 Å². The Morgan fingerprint density at radius 1 is 0.893 bits per heavy atom. The number of benzene rings is 1. The first-order valence-corrected chi connectivity index (χ1v) is 10.9. The van der Waals surface area contributed by atoms with Gasteiger partial charge in [0.1, 0.15) is 5.75 Å². The van der Waals surface area contributed by atoms with Crippen molar-refractivity contribution in [2.45, 2.75) is 70.3 Å².